The molecule has 0 saturated heterocycles. The number of rotatable bonds is 5. The highest BCUT2D eigenvalue weighted by molar-refractivity contribution is 4.85. The molecule has 1 heteroatoms. The Morgan fingerprint density at radius 2 is 1.91 bits per heavy atom. The van der Waals surface area contributed by atoms with Crippen LogP contribution < -0.4 is 0 Å². The zero-order chi connectivity index (χ0) is 8.74. The molecule has 0 heterocycles. The van der Waals surface area contributed by atoms with Gasteiger partial charge < -0.3 is 5.11 Å². The lowest BCUT2D eigenvalue weighted by Crippen LogP contribution is -2.26. The first-order valence-corrected chi connectivity index (χ1v) is 4.34. The highest BCUT2D eigenvalue weighted by atomic mass is 16.3. The van der Waals surface area contributed by atoms with E-state index in [-0.39, 0.29) is 0 Å². The van der Waals surface area contributed by atoms with E-state index < -0.39 is 5.60 Å². The fraction of sp³-hybridized carbons (Fsp3) is 0.800. The zero-order valence-electron chi connectivity index (χ0n) is 7.56. The summed E-state index contributed by atoms with van der Waals surface area (Å²) < 4.78 is 0. The smallest absolute Gasteiger partial charge is 0.0643 e. The van der Waals surface area contributed by atoms with Gasteiger partial charge in [0.2, 0.25) is 0 Å². The van der Waals surface area contributed by atoms with Gasteiger partial charge in [0.25, 0.3) is 0 Å². The van der Waals surface area contributed by atoms with E-state index in [4.69, 9.17) is 6.42 Å². The van der Waals surface area contributed by atoms with E-state index in [0.29, 0.717) is 0 Å². The quantitative estimate of drug-likeness (QED) is 0.476. The first-order valence-electron chi connectivity index (χ1n) is 4.34. The van der Waals surface area contributed by atoms with E-state index in [1.165, 1.54) is 0 Å². The first-order chi connectivity index (χ1) is 5.18. The van der Waals surface area contributed by atoms with Crippen LogP contribution in [0.4, 0.5) is 0 Å². The molecular formula is C10H18O. The van der Waals surface area contributed by atoms with Gasteiger partial charge in [0.05, 0.1) is 5.60 Å². The van der Waals surface area contributed by atoms with Crippen LogP contribution in [0.2, 0.25) is 0 Å². The topological polar surface area (TPSA) is 20.2 Å². The number of terminal acetylenes is 1. The maximum absolute atomic E-state index is 9.79. The zero-order valence-corrected chi connectivity index (χ0v) is 7.56. The van der Waals surface area contributed by atoms with Crippen molar-refractivity contribution < 1.29 is 5.11 Å². The molecule has 64 valence electrons. The van der Waals surface area contributed by atoms with Crippen molar-refractivity contribution in [2.45, 2.75) is 51.6 Å². The molecule has 0 amide bonds. The van der Waals surface area contributed by atoms with Crippen molar-refractivity contribution in [2.24, 2.45) is 0 Å². The Labute approximate surface area is 69.8 Å². The summed E-state index contributed by atoms with van der Waals surface area (Å²) >= 11 is 0. The van der Waals surface area contributed by atoms with Gasteiger partial charge in [0.1, 0.15) is 0 Å². The molecule has 11 heavy (non-hydrogen) atoms. The minimum absolute atomic E-state index is 0.461. The predicted molar refractivity (Wildman–Crippen MR) is 48.2 cm³/mol. The second-order valence-corrected chi connectivity index (χ2v) is 2.99. The molecule has 0 rings (SSSR count). The lowest BCUT2D eigenvalue weighted by molar-refractivity contribution is 0.0221. The summed E-state index contributed by atoms with van der Waals surface area (Å²) in [5.74, 6) is 2.58. The summed E-state index contributed by atoms with van der Waals surface area (Å²) in [6.07, 6.45) is 9.32. The van der Waals surface area contributed by atoms with Crippen molar-refractivity contribution in [1.82, 2.24) is 0 Å². The molecule has 0 bridgehead atoms. The Hall–Kier alpha value is -0.480. The summed E-state index contributed by atoms with van der Waals surface area (Å²) in [6.45, 7) is 4.03. The number of hydrogen-bond acceptors (Lipinski definition) is 1. The molecule has 0 radical (unpaired) electrons. The number of aliphatic hydroxyl groups is 1. The van der Waals surface area contributed by atoms with Crippen LogP contribution >= 0.6 is 0 Å². The molecule has 0 aromatic heterocycles. The molecular weight excluding hydrogens is 136 g/mol. The Bertz CT molecular complexity index is 128. The molecule has 0 atom stereocenters. The average Bonchev–Trinajstić information content (AvgIpc) is 2.05. The van der Waals surface area contributed by atoms with Crippen molar-refractivity contribution in [1.29, 1.82) is 0 Å². The van der Waals surface area contributed by atoms with E-state index in [2.05, 4.69) is 5.92 Å². The molecule has 0 aliphatic rings. The molecule has 0 aromatic rings. The van der Waals surface area contributed by atoms with Crippen molar-refractivity contribution in [3.8, 4) is 12.3 Å². The van der Waals surface area contributed by atoms with E-state index >= 15 is 0 Å². The van der Waals surface area contributed by atoms with Gasteiger partial charge in [-0.1, -0.05) is 13.8 Å². The molecule has 0 aromatic carbocycles. The van der Waals surface area contributed by atoms with Gasteiger partial charge in [-0.15, -0.1) is 12.3 Å². The van der Waals surface area contributed by atoms with Gasteiger partial charge in [-0.05, 0) is 25.7 Å². The summed E-state index contributed by atoms with van der Waals surface area (Å²) in [5.41, 5.74) is -0.461. The first kappa shape index (κ1) is 10.5. The standard InChI is InChI=1S/C10H18O/c1-4-7-8-9-10(11,5-2)6-3/h1,11H,5-9H2,2-3H3. The normalized spacial score (nSPS) is 11.1. The predicted octanol–water partition coefficient (Wildman–Crippen LogP) is 2.34. The van der Waals surface area contributed by atoms with E-state index in [9.17, 15) is 5.11 Å². The van der Waals surface area contributed by atoms with Crippen LogP contribution in [-0.4, -0.2) is 10.7 Å². The summed E-state index contributed by atoms with van der Waals surface area (Å²) in [7, 11) is 0. The van der Waals surface area contributed by atoms with Crippen LogP contribution in [0, 0.1) is 12.3 Å². The van der Waals surface area contributed by atoms with Gasteiger partial charge in [0, 0.05) is 6.42 Å². The summed E-state index contributed by atoms with van der Waals surface area (Å²) in [4.78, 5) is 0. The molecule has 0 fully saturated rings. The minimum Gasteiger partial charge on any atom is -0.390 e. The molecule has 0 aliphatic heterocycles. The third kappa shape index (κ3) is 4.06. The van der Waals surface area contributed by atoms with Crippen molar-refractivity contribution in [3.63, 3.8) is 0 Å². The summed E-state index contributed by atoms with van der Waals surface area (Å²) in [5, 5.41) is 9.79. The molecule has 0 unspecified atom stereocenters. The maximum atomic E-state index is 9.79. The monoisotopic (exact) mass is 154 g/mol. The molecule has 0 aliphatic carbocycles. The largest absolute Gasteiger partial charge is 0.390 e. The van der Waals surface area contributed by atoms with Gasteiger partial charge in [-0.25, -0.2) is 0 Å². The fourth-order valence-electron chi connectivity index (χ4n) is 1.12. The molecule has 0 spiro atoms. The fourth-order valence-corrected chi connectivity index (χ4v) is 1.12. The van der Waals surface area contributed by atoms with Gasteiger partial charge in [-0.3, -0.25) is 0 Å². The second kappa shape index (κ2) is 5.21. The Morgan fingerprint density at radius 3 is 2.27 bits per heavy atom. The second-order valence-electron chi connectivity index (χ2n) is 2.99. The van der Waals surface area contributed by atoms with Crippen LogP contribution in [0.25, 0.3) is 0 Å². The lowest BCUT2D eigenvalue weighted by atomic mass is 9.91. The third-order valence-electron chi connectivity index (χ3n) is 2.28. The number of unbranched alkanes of at least 4 members (excludes halogenated alkanes) is 1. The maximum Gasteiger partial charge on any atom is 0.0643 e. The minimum atomic E-state index is -0.461. The Kier molecular flexibility index (Phi) is 4.98. The van der Waals surface area contributed by atoms with E-state index in [1.807, 2.05) is 13.8 Å². The van der Waals surface area contributed by atoms with Gasteiger partial charge in [-0.2, -0.15) is 0 Å². The number of hydrogen-bond donors (Lipinski definition) is 1. The highest BCUT2D eigenvalue weighted by Crippen LogP contribution is 2.21. The lowest BCUT2D eigenvalue weighted by Gasteiger charge is -2.24. The van der Waals surface area contributed by atoms with E-state index in [0.717, 1.165) is 32.1 Å². The SMILES string of the molecule is C#CCCCC(O)(CC)CC. The molecule has 1 N–H and O–H groups in total. The van der Waals surface area contributed by atoms with Crippen LogP contribution in [0.15, 0.2) is 0 Å². The van der Waals surface area contributed by atoms with E-state index in [1.54, 1.807) is 0 Å². The Morgan fingerprint density at radius 1 is 1.36 bits per heavy atom. The van der Waals surface area contributed by atoms with Crippen molar-refractivity contribution in [3.05, 3.63) is 0 Å². The molecule has 0 saturated carbocycles. The average molecular weight is 154 g/mol. The van der Waals surface area contributed by atoms with Crippen LogP contribution in [0.1, 0.15) is 46.0 Å². The molecule has 1 nitrogen and oxygen atoms in total. The third-order valence-corrected chi connectivity index (χ3v) is 2.28. The van der Waals surface area contributed by atoms with Crippen molar-refractivity contribution in [2.75, 3.05) is 0 Å². The highest BCUT2D eigenvalue weighted by Gasteiger charge is 2.20. The van der Waals surface area contributed by atoms with Crippen LogP contribution in [-0.2, 0) is 0 Å². The van der Waals surface area contributed by atoms with Gasteiger partial charge >= 0.3 is 0 Å². The van der Waals surface area contributed by atoms with Gasteiger partial charge in [0.15, 0.2) is 0 Å². The Balaban J connectivity index is 3.62. The van der Waals surface area contributed by atoms with Crippen LogP contribution in [0.5, 0.6) is 0 Å². The van der Waals surface area contributed by atoms with Crippen molar-refractivity contribution >= 4 is 0 Å². The summed E-state index contributed by atoms with van der Waals surface area (Å²) in [6, 6.07) is 0. The van der Waals surface area contributed by atoms with Crippen LogP contribution in [0.3, 0.4) is 0 Å².